The maximum atomic E-state index is 5.92. The van der Waals surface area contributed by atoms with Crippen LogP contribution < -0.4 is 5.32 Å². The molecule has 1 fully saturated rings. The number of aryl methyl sites for hydroxylation is 1. The zero-order valence-electron chi connectivity index (χ0n) is 7.10. The Morgan fingerprint density at radius 3 is 2.75 bits per heavy atom. The van der Waals surface area contributed by atoms with Gasteiger partial charge in [-0.1, -0.05) is 17.7 Å². The molecule has 2 heteroatoms. The highest BCUT2D eigenvalue weighted by atomic mass is 35.5. The molecule has 0 spiro atoms. The minimum Gasteiger partial charge on any atom is -0.315 e. The molecule has 0 saturated carbocycles. The van der Waals surface area contributed by atoms with Crippen LogP contribution in [0.1, 0.15) is 17.0 Å². The monoisotopic (exact) mass is 181 g/mol. The Balaban J connectivity index is 2.34. The molecular formula is C10H12ClN. The van der Waals surface area contributed by atoms with Gasteiger partial charge < -0.3 is 5.32 Å². The van der Waals surface area contributed by atoms with Gasteiger partial charge >= 0.3 is 0 Å². The van der Waals surface area contributed by atoms with Gasteiger partial charge in [0.15, 0.2) is 0 Å². The van der Waals surface area contributed by atoms with Crippen molar-refractivity contribution in [2.45, 2.75) is 12.8 Å². The van der Waals surface area contributed by atoms with Crippen molar-refractivity contribution in [3.8, 4) is 0 Å². The first-order valence-corrected chi connectivity index (χ1v) is 4.62. The van der Waals surface area contributed by atoms with Gasteiger partial charge in [-0.05, 0) is 30.2 Å². The van der Waals surface area contributed by atoms with Crippen molar-refractivity contribution in [2.75, 3.05) is 13.1 Å². The molecule has 2 rings (SSSR count). The van der Waals surface area contributed by atoms with E-state index >= 15 is 0 Å². The Morgan fingerprint density at radius 2 is 2.17 bits per heavy atom. The minimum absolute atomic E-state index is 0.684. The Morgan fingerprint density at radius 1 is 1.42 bits per heavy atom. The summed E-state index contributed by atoms with van der Waals surface area (Å²) < 4.78 is 0. The van der Waals surface area contributed by atoms with Crippen molar-refractivity contribution >= 4 is 11.6 Å². The highest BCUT2D eigenvalue weighted by molar-refractivity contribution is 6.30. The summed E-state index contributed by atoms with van der Waals surface area (Å²) in [6.45, 7) is 4.34. The van der Waals surface area contributed by atoms with Crippen LogP contribution in [0.2, 0.25) is 5.02 Å². The molecule has 12 heavy (non-hydrogen) atoms. The van der Waals surface area contributed by atoms with E-state index in [0.29, 0.717) is 5.92 Å². The first-order chi connectivity index (χ1) is 5.77. The van der Waals surface area contributed by atoms with Gasteiger partial charge in [-0.3, -0.25) is 0 Å². The molecule has 1 aliphatic heterocycles. The van der Waals surface area contributed by atoms with Crippen LogP contribution in [0.25, 0.3) is 0 Å². The maximum Gasteiger partial charge on any atom is 0.0409 e. The Labute approximate surface area is 77.7 Å². The third-order valence-corrected chi connectivity index (χ3v) is 2.70. The van der Waals surface area contributed by atoms with Crippen LogP contribution in [0, 0.1) is 6.92 Å². The first kappa shape index (κ1) is 8.09. The zero-order chi connectivity index (χ0) is 8.55. The topological polar surface area (TPSA) is 12.0 Å². The van der Waals surface area contributed by atoms with Crippen molar-refractivity contribution in [1.29, 1.82) is 0 Å². The molecule has 1 N–H and O–H groups in total. The van der Waals surface area contributed by atoms with Crippen molar-refractivity contribution in [1.82, 2.24) is 5.32 Å². The van der Waals surface area contributed by atoms with Gasteiger partial charge in [0.05, 0.1) is 0 Å². The van der Waals surface area contributed by atoms with E-state index in [1.807, 2.05) is 6.07 Å². The van der Waals surface area contributed by atoms with Gasteiger partial charge in [0.2, 0.25) is 0 Å². The Hall–Kier alpha value is -0.530. The van der Waals surface area contributed by atoms with E-state index in [9.17, 15) is 0 Å². The molecular weight excluding hydrogens is 170 g/mol. The van der Waals surface area contributed by atoms with E-state index in [-0.39, 0.29) is 0 Å². The number of benzene rings is 1. The van der Waals surface area contributed by atoms with Crippen LogP contribution in [0.15, 0.2) is 18.2 Å². The zero-order valence-corrected chi connectivity index (χ0v) is 7.86. The molecule has 1 aromatic carbocycles. The minimum atomic E-state index is 0.684. The van der Waals surface area contributed by atoms with Gasteiger partial charge in [-0.2, -0.15) is 0 Å². The molecule has 0 unspecified atom stereocenters. The van der Waals surface area contributed by atoms with Crippen molar-refractivity contribution in [3.05, 3.63) is 34.3 Å². The van der Waals surface area contributed by atoms with E-state index in [1.165, 1.54) is 11.1 Å². The number of hydrogen-bond acceptors (Lipinski definition) is 1. The van der Waals surface area contributed by atoms with Crippen molar-refractivity contribution < 1.29 is 0 Å². The van der Waals surface area contributed by atoms with E-state index in [2.05, 4.69) is 24.4 Å². The number of halogens is 1. The molecule has 0 amide bonds. The van der Waals surface area contributed by atoms with Crippen molar-refractivity contribution in [3.63, 3.8) is 0 Å². The van der Waals surface area contributed by atoms with Crippen LogP contribution in [0.5, 0.6) is 0 Å². The van der Waals surface area contributed by atoms with E-state index in [4.69, 9.17) is 11.6 Å². The highest BCUT2D eigenvalue weighted by Gasteiger charge is 2.20. The normalized spacial score (nSPS) is 17.5. The fourth-order valence-corrected chi connectivity index (χ4v) is 1.74. The van der Waals surface area contributed by atoms with E-state index < -0.39 is 0 Å². The first-order valence-electron chi connectivity index (χ1n) is 4.24. The molecule has 1 nitrogen and oxygen atoms in total. The number of hydrogen-bond donors (Lipinski definition) is 1. The van der Waals surface area contributed by atoms with Crippen LogP contribution in [-0.2, 0) is 0 Å². The lowest BCUT2D eigenvalue weighted by atomic mass is 9.90. The Bertz CT molecular complexity index is 292. The lowest BCUT2D eigenvalue weighted by Gasteiger charge is -2.28. The fourth-order valence-electron chi connectivity index (χ4n) is 1.56. The third kappa shape index (κ3) is 1.35. The maximum absolute atomic E-state index is 5.92. The average Bonchev–Trinajstić information content (AvgIpc) is 1.93. The smallest absolute Gasteiger partial charge is 0.0409 e. The predicted octanol–water partition coefficient (Wildman–Crippen LogP) is 2.34. The standard InChI is InChI=1S/C10H12ClN/c1-7-2-3-9(11)4-10(7)8-5-12-6-8/h2-4,8,12H,5-6H2,1H3. The molecule has 1 aliphatic rings. The lowest BCUT2D eigenvalue weighted by Crippen LogP contribution is -2.40. The summed E-state index contributed by atoms with van der Waals surface area (Å²) in [4.78, 5) is 0. The van der Waals surface area contributed by atoms with E-state index in [0.717, 1.165) is 18.1 Å². The van der Waals surface area contributed by atoms with Gasteiger partial charge in [-0.15, -0.1) is 0 Å². The summed E-state index contributed by atoms with van der Waals surface area (Å²) in [6.07, 6.45) is 0. The van der Waals surface area contributed by atoms with Crippen LogP contribution in [-0.4, -0.2) is 13.1 Å². The molecule has 0 aromatic heterocycles. The average molecular weight is 182 g/mol. The number of nitrogens with one attached hydrogen (secondary N) is 1. The molecule has 1 heterocycles. The summed E-state index contributed by atoms with van der Waals surface area (Å²) in [5.41, 5.74) is 2.76. The van der Waals surface area contributed by atoms with Crippen LogP contribution >= 0.6 is 11.6 Å². The highest BCUT2D eigenvalue weighted by Crippen LogP contribution is 2.25. The summed E-state index contributed by atoms with van der Waals surface area (Å²) in [6, 6.07) is 6.13. The van der Waals surface area contributed by atoms with Gasteiger partial charge in [0, 0.05) is 24.0 Å². The third-order valence-electron chi connectivity index (χ3n) is 2.46. The van der Waals surface area contributed by atoms with Crippen molar-refractivity contribution in [2.24, 2.45) is 0 Å². The second-order valence-corrected chi connectivity index (χ2v) is 3.79. The molecule has 0 radical (unpaired) electrons. The van der Waals surface area contributed by atoms with Gasteiger partial charge in [0.1, 0.15) is 0 Å². The molecule has 0 atom stereocenters. The SMILES string of the molecule is Cc1ccc(Cl)cc1C1CNC1. The van der Waals surface area contributed by atoms with Crippen LogP contribution in [0.4, 0.5) is 0 Å². The fraction of sp³-hybridized carbons (Fsp3) is 0.400. The Kier molecular flexibility index (Phi) is 2.07. The van der Waals surface area contributed by atoms with E-state index in [1.54, 1.807) is 0 Å². The second kappa shape index (κ2) is 3.08. The molecule has 64 valence electrons. The summed E-state index contributed by atoms with van der Waals surface area (Å²) in [5.74, 6) is 0.684. The van der Waals surface area contributed by atoms with Gasteiger partial charge in [-0.25, -0.2) is 0 Å². The largest absolute Gasteiger partial charge is 0.315 e. The molecule has 1 saturated heterocycles. The quantitative estimate of drug-likeness (QED) is 0.702. The molecule has 1 aromatic rings. The summed E-state index contributed by atoms with van der Waals surface area (Å²) >= 11 is 5.92. The number of rotatable bonds is 1. The van der Waals surface area contributed by atoms with Gasteiger partial charge in [0.25, 0.3) is 0 Å². The van der Waals surface area contributed by atoms with Crippen LogP contribution in [0.3, 0.4) is 0 Å². The summed E-state index contributed by atoms with van der Waals surface area (Å²) in [5, 5.41) is 4.11. The molecule has 0 aliphatic carbocycles. The lowest BCUT2D eigenvalue weighted by molar-refractivity contribution is 0.447. The summed E-state index contributed by atoms with van der Waals surface area (Å²) in [7, 11) is 0. The predicted molar refractivity (Wildman–Crippen MR) is 51.8 cm³/mol. The molecule has 0 bridgehead atoms. The second-order valence-electron chi connectivity index (χ2n) is 3.36.